The molecule has 7 heteroatoms. The Bertz CT molecular complexity index is 563. The van der Waals surface area contributed by atoms with E-state index in [-0.39, 0.29) is 24.2 Å². The second-order valence-corrected chi connectivity index (χ2v) is 7.30. The number of ether oxygens (including phenoxy) is 2. The summed E-state index contributed by atoms with van der Waals surface area (Å²) in [5.41, 5.74) is 0. The molecule has 138 valence electrons. The lowest BCUT2D eigenvalue weighted by molar-refractivity contribution is -0.152. The molecule has 3 aliphatic rings. The molecular weight excluding hydrogens is 320 g/mol. The number of carbonyl (C=O) groups excluding carboxylic acids is 1. The van der Waals surface area contributed by atoms with Gasteiger partial charge in [-0.25, -0.2) is 0 Å². The maximum atomic E-state index is 12.9. The van der Waals surface area contributed by atoms with E-state index in [0.717, 1.165) is 39.0 Å². The highest BCUT2D eigenvalue weighted by Gasteiger charge is 2.37. The number of fused-ring (bicyclic) bond motifs is 1. The Morgan fingerprint density at radius 3 is 2.92 bits per heavy atom. The minimum absolute atomic E-state index is 0.0913. The first-order chi connectivity index (χ1) is 12.3. The van der Waals surface area contributed by atoms with Gasteiger partial charge in [-0.2, -0.15) is 5.10 Å². The zero-order valence-corrected chi connectivity index (χ0v) is 14.8. The summed E-state index contributed by atoms with van der Waals surface area (Å²) >= 11 is 0. The first-order valence-corrected chi connectivity index (χ1v) is 9.52. The molecule has 1 saturated carbocycles. The molecular formula is C18H28N4O3. The minimum atomic E-state index is 0.0913. The van der Waals surface area contributed by atoms with E-state index in [2.05, 4.69) is 14.9 Å². The van der Waals surface area contributed by atoms with Crippen molar-refractivity contribution < 1.29 is 14.3 Å². The van der Waals surface area contributed by atoms with Crippen LogP contribution in [0, 0.1) is 0 Å². The van der Waals surface area contributed by atoms with Crippen LogP contribution in [-0.2, 0) is 20.8 Å². The quantitative estimate of drug-likeness (QED) is 0.804. The van der Waals surface area contributed by atoms with Gasteiger partial charge in [0.2, 0.25) is 5.91 Å². The summed E-state index contributed by atoms with van der Waals surface area (Å²) in [6.45, 7) is 4.92. The smallest absolute Gasteiger partial charge is 0.237 e. The Kier molecular flexibility index (Phi) is 5.33. The fourth-order valence-corrected chi connectivity index (χ4v) is 4.34. The van der Waals surface area contributed by atoms with Gasteiger partial charge < -0.3 is 14.4 Å². The molecule has 1 amide bonds. The molecule has 0 N–H and O–H groups in total. The maximum Gasteiger partial charge on any atom is 0.237 e. The number of carbonyl (C=O) groups is 1. The molecule has 0 aromatic carbocycles. The predicted octanol–water partition coefficient (Wildman–Crippen LogP) is 0.754. The van der Waals surface area contributed by atoms with Crippen molar-refractivity contribution in [3.05, 3.63) is 18.5 Å². The highest BCUT2D eigenvalue weighted by atomic mass is 16.5. The third-order valence-corrected chi connectivity index (χ3v) is 5.58. The number of morpholine rings is 2. The standard InChI is InChI=1S/C18H28N4O3/c23-18(22-9-11-25-17-5-2-1-4-16(17)22)14-20-8-10-24-15(12-20)13-21-7-3-6-19-21/h3,6-7,15-17H,1-2,4-5,8-14H2/t15-,16-,17-/m0/s1. The fraction of sp³-hybridized carbons (Fsp3) is 0.778. The van der Waals surface area contributed by atoms with Crippen LogP contribution in [0.15, 0.2) is 18.5 Å². The van der Waals surface area contributed by atoms with E-state index < -0.39 is 0 Å². The van der Waals surface area contributed by atoms with Gasteiger partial charge in [0.25, 0.3) is 0 Å². The van der Waals surface area contributed by atoms with Crippen LogP contribution in [0.4, 0.5) is 0 Å². The lowest BCUT2D eigenvalue weighted by Crippen LogP contribution is -2.57. The molecule has 0 bridgehead atoms. The van der Waals surface area contributed by atoms with Crippen molar-refractivity contribution in [3.63, 3.8) is 0 Å². The summed E-state index contributed by atoms with van der Waals surface area (Å²) in [6, 6.07) is 2.21. The van der Waals surface area contributed by atoms with Crippen LogP contribution in [0.2, 0.25) is 0 Å². The van der Waals surface area contributed by atoms with Crippen LogP contribution in [0.1, 0.15) is 25.7 Å². The van der Waals surface area contributed by atoms with Crippen molar-refractivity contribution in [3.8, 4) is 0 Å². The Morgan fingerprint density at radius 2 is 2.04 bits per heavy atom. The molecule has 1 aliphatic carbocycles. The third kappa shape index (κ3) is 4.04. The number of nitrogens with zero attached hydrogens (tertiary/aromatic N) is 4. The monoisotopic (exact) mass is 348 g/mol. The molecule has 4 rings (SSSR count). The lowest BCUT2D eigenvalue weighted by atomic mass is 9.90. The maximum absolute atomic E-state index is 12.9. The first kappa shape index (κ1) is 17.0. The Labute approximate surface area is 148 Å². The molecule has 0 radical (unpaired) electrons. The Hall–Kier alpha value is -1.44. The average Bonchev–Trinajstić information content (AvgIpc) is 3.14. The Balaban J connectivity index is 1.32. The molecule has 2 aliphatic heterocycles. The van der Waals surface area contributed by atoms with Gasteiger partial charge in [0.05, 0.1) is 44.6 Å². The van der Waals surface area contributed by atoms with E-state index in [1.807, 2.05) is 16.9 Å². The topological polar surface area (TPSA) is 59.8 Å². The Morgan fingerprint density at radius 1 is 1.16 bits per heavy atom. The number of aromatic nitrogens is 2. The van der Waals surface area contributed by atoms with Gasteiger partial charge in [0, 0.05) is 32.0 Å². The van der Waals surface area contributed by atoms with Crippen molar-refractivity contribution in [2.75, 3.05) is 39.4 Å². The lowest BCUT2D eigenvalue weighted by Gasteiger charge is -2.44. The van der Waals surface area contributed by atoms with Gasteiger partial charge in [-0.05, 0) is 18.9 Å². The van der Waals surface area contributed by atoms with Crippen LogP contribution in [-0.4, -0.2) is 83.1 Å². The van der Waals surface area contributed by atoms with E-state index in [4.69, 9.17) is 9.47 Å². The van der Waals surface area contributed by atoms with Gasteiger partial charge in [0.15, 0.2) is 0 Å². The summed E-state index contributed by atoms with van der Waals surface area (Å²) < 4.78 is 13.6. The third-order valence-electron chi connectivity index (χ3n) is 5.58. The minimum Gasteiger partial charge on any atom is -0.374 e. The summed E-state index contributed by atoms with van der Waals surface area (Å²) in [6.07, 6.45) is 8.68. The van der Waals surface area contributed by atoms with Crippen LogP contribution >= 0.6 is 0 Å². The molecule has 1 aromatic rings. The molecule has 7 nitrogen and oxygen atoms in total. The molecule has 1 aromatic heterocycles. The van der Waals surface area contributed by atoms with Crippen LogP contribution < -0.4 is 0 Å². The predicted molar refractivity (Wildman–Crippen MR) is 92.1 cm³/mol. The van der Waals surface area contributed by atoms with Crippen molar-refractivity contribution in [2.24, 2.45) is 0 Å². The van der Waals surface area contributed by atoms with E-state index in [1.165, 1.54) is 12.8 Å². The number of hydrogen-bond donors (Lipinski definition) is 0. The van der Waals surface area contributed by atoms with Gasteiger partial charge >= 0.3 is 0 Å². The zero-order chi connectivity index (χ0) is 17.1. The SMILES string of the molecule is O=C(CN1CCO[C@H](Cn2cccn2)C1)N1CCO[C@H]2CCCC[C@@H]21. The summed E-state index contributed by atoms with van der Waals surface area (Å²) in [5, 5.41) is 4.24. The van der Waals surface area contributed by atoms with Crippen molar-refractivity contribution in [1.29, 1.82) is 0 Å². The second-order valence-electron chi connectivity index (χ2n) is 7.30. The fourth-order valence-electron chi connectivity index (χ4n) is 4.34. The summed E-state index contributed by atoms with van der Waals surface area (Å²) in [4.78, 5) is 17.2. The second kappa shape index (κ2) is 7.85. The number of amides is 1. The van der Waals surface area contributed by atoms with Crippen LogP contribution in [0.3, 0.4) is 0 Å². The molecule has 0 unspecified atom stereocenters. The largest absolute Gasteiger partial charge is 0.374 e. The molecule has 3 heterocycles. The van der Waals surface area contributed by atoms with Gasteiger partial charge in [-0.15, -0.1) is 0 Å². The number of hydrogen-bond acceptors (Lipinski definition) is 5. The van der Waals surface area contributed by atoms with E-state index >= 15 is 0 Å². The molecule has 2 saturated heterocycles. The zero-order valence-electron chi connectivity index (χ0n) is 14.8. The van der Waals surface area contributed by atoms with Crippen LogP contribution in [0.25, 0.3) is 0 Å². The van der Waals surface area contributed by atoms with E-state index in [0.29, 0.717) is 19.8 Å². The molecule has 3 atom stereocenters. The van der Waals surface area contributed by atoms with Crippen LogP contribution in [0.5, 0.6) is 0 Å². The highest BCUT2D eigenvalue weighted by Crippen LogP contribution is 2.28. The average molecular weight is 348 g/mol. The van der Waals surface area contributed by atoms with Crippen molar-refractivity contribution >= 4 is 5.91 Å². The summed E-state index contributed by atoms with van der Waals surface area (Å²) in [5.74, 6) is 0.250. The number of rotatable bonds is 4. The normalized spacial score (nSPS) is 30.9. The van der Waals surface area contributed by atoms with Gasteiger partial charge in [-0.3, -0.25) is 14.4 Å². The van der Waals surface area contributed by atoms with E-state index in [1.54, 1.807) is 6.20 Å². The van der Waals surface area contributed by atoms with Crippen molar-refractivity contribution in [2.45, 2.75) is 50.5 Å². The molecule has 25 heavy (non-hydrogen) atoms. The van der Waals surface area contributed by atoms with Gasteiger partial charge in [-0.1, -0.05) is 12.8 Å². The first-order valence-electron chi connectivity index (χ1n) is 9.52. The molecule has 3 fully saturated rings. The highest BCUT2D eigenvalue weighted by molar-refractivity contribution is 5.78. The van der Waals surface area contributed by atoms with Crippen molar-refractivity contribution in [1.82, 2.24) is 19.6 Å². The van der Waals surface area contributed by atoms with E-state index in [9.17, 15) is 4.79 Å². The molecule has 0 spiro atoms. The summed E-state index contributed by atoms with van der Waals surface area (Å²) in [7, 11) is 0. The van der Waals surface area contributed by atoms with Gasteiger partial charge in [0.1, 0.15) is 0 Å².